The number of amides is 1. The van der Waals surface area contributed by atoms with Crippen LogP contribution in [0, 0.1) is 10.1 Å². The van der Waals surface area contributed by atoms with Crippen LogP contribution in [0.15, 0.2) is 29.6 Å². The van der Waals surface area contributed by atoms with Gasteiger partial charge in [0.2, 0.25) is 5.91 Å². The van der Waals surface area contributed by atoms with E-state index in [1.807, 2.05) is 5.38 Å². The van der Waals surface area contributed by atoms with Gasteiger partial charge in [-0.05, 0) is 42.7 Å². The van der Waals surface area contributed by atoms with Crippen LogP contribution in [0.1, 0.15) is 48.0 Å². The second kappa shape index (κ2) is 8.83. The minimum atomic E-state index is -0.473. The Morgan fingerprint density at radius 3 is 2.75 bits per heavy atom. The van der Waals surface area contributed by atoms with Crippen molar-refractivity contribution in [1.29, 1.82) is 0 Å². The number of para-hydroxylation sites is 2. The van der Waals surface area contributed by atoms with E-state index in [0.29, 0.717) is 22.2 Å². The highest BCUT2D eigenvalue weighted by atomic mass is 32.1. The summed E-state index contributed by atoms with van der Waals surface area (Å²) in [4.78, 5) is 35.2. The third-order valence-electron chi connectivity index (χ3n) is 4.34. The Bertz CT molecular complexity index is 891. The average Bonchev–Trinajstić information content (AvgIpc) is 3.43. The lowest BCUT2D eigenvalue weighted by Gasteiger charge is -2.09. The SMILES string of the molecule is CCOC(=O)c1c(C2CC2)csc1NC(=O)CCNc1ccccc1[N+](=O)[O-]. The van der Waals surface area contributed by atoms with E-state index >= 15 is 0 Å². The highest BCUT2D eigenvalue weighted by Crippen LogP contribution is 2.46. The van der Waals surface area contributed by atoms with Gasteiger partial charge in [0.1, 0.15) is 10.7 Å². The zero-order chi connectivity index (χ0) is 20.1. The number of thiophene rings is 1. The normalized spacial score (nSPS) is 13.0. The first kappa shape index (κ1) is 19.8. The first-order chi connectivity index (χ1) is 13.5. The van der Waals surface area contributed by atoms with Gasteiger partial charge in [-0.25, -0.2) is 4.79 Å². The number of hydrogen-bond acceptors (Lipinski definition) is 7. The van der Waals surface area contributed by atoms with Crippen LogP contribution < -0.4 is 10.6 Å². The molecule has 1 heterocycles. The summed E-state index contributed by atoms with van der Waals surface area (Å²) in [5, 5.41) is 19.1. The number of benzene rings is 1. The maximum Gasteiger partial charge on any atom is 0.341 e. The van der Waals surface area contributed by atoms with E-state index in [1.165, 1.54) is 17.4 Å². The van der Waals surface area contributed by atoms with Crippen LogP contribution in [-0.4, -0.2) is 30.0 Å². The van der Waals surface area contributed by atoms with Crippen molar-refractivity contribution in [2.75, 3.05) is 23.8 Å². The minimum absolute atomic E-state index is 0.0418. The summed E-state index contributed by atoms with van der Waals surface area (Å²) < 4.78 is 5.14. The molecule has 0 saturated heterocycles. The topological polar surface area (TPSA) is 111 Å². The Balaban J connectivity index is 1.61. The minimum Gasteiger partial charge on any atom is -0.462 e. The molecule has 3 rings (SSSR count). The first-order valence-corrected chi connectivity index (χ1v) is 9.94. The van der Waals surface area contributed by atoms with E-state index in [-0.39, 0.29) is 31.2 Å². The molecule has 9 heteroatoms. The van der Waals surface area contributed by atoms with Crippen LogP contribution in [0.2, 0.25) is 0 Å². The first-order valence-electron chi connectivity index (χ1n) is 9.07. The number of esters is 1. The maximum atomic E-state index is 12.3. The Labute approximate surface area is 166 Å². The fraction of sp³-hybridized carbons (Fsp3) is 0.368. The molecule has 0 bridgehead atoms. The summed E-state index contributed by atoms with van der Waals surface area (Å²) >= 11 is 1.32. The Kier molecular flexibility index (Phi) is 6.25. The van der Waals surface area contributed by atoms with E-state index < -0.39 is 10.9 Å². The molecule has 0 radical (unpaired) electrons. The zero-order valence-electron chi connectivity index (χ0n) is 15.4. The number of nitro groups is 1. The number of carbonyl (C=O) groups is 2. The lowest BCUT2D eigenvalue weighted by Crippen LogP contribution is -2.18. The second-order valence-corrected chi connectivity index (χ2v) is 7.27. The predicted octanol–water partition coefficient (Wildman–Crippen LogP) is 4.15. The van der Waals surface area contributed by atoms with Gasteiger partial charge in [0.05, 0.1) is 17.1 Å². The van der Waals surface area contributed by atoms with Crippen molar-refractivity contribution in [3.63, 3.8) is 0 Å². The van der Waals surface area contributed by atoms with Gasteiger partial charge in [0, 0.05) is 19.0 Å². The number of rotatable bonds is 9. The van der Waals surface area contributed by atoms with E-state index in [9.17, 15) is 19.7 Å². The van der Waals surface area contributed by atoms with Crippen LogP contribution in [0.4, 0.5) is 16.4 Å². The van der Waals surface area contributed by atoms with Crippen LogP contribution >= 0.6 is 11.3 Å². The van der Waals surface area contributed by atoms with Crippen LogP contribution in [0.5, 0.6) is 0 Å². The molecule has 28 heavy (non-hydrogen) atoms. The molecule has 1 aromatic heterocycles. The number of hydrogen-bond donors (Lipinski definition) is 2. The third kappa shape index (κ3) is 4.66. The molecule has 1 aliphatic rings. The molecule has 2 aromatic rings. The molecule has 1 amide bonds. The molecule has 0 aliphatic heterocycles. The molecule has 1 fully saturated rings. The van der Waals surface area contributed by atoms with Gasteiger partial charge < -0.3 is 15.4 Å². The molecule has 0 unspecified atom stereocenters. The fourth-order valence-corrected chi connectivity index (χ4v) is 3.90. The molecule has 0 atom stereocenters. The standard InChI is InChI=1S/C19H21N3O5S/c1-2-27-19(24)17-13(12-7-8-12)11-28-18(17)21-16(23)9-10-20-14-5-3-4-6-15(14)22(25)26/h3-6,11-12,20H,2,7-10H2,1H3,(H,21,23). The van der Waals surface area contributed by atoms with Gasteiger partial charge in [-0.3, -0.25) is 14.9 Å². The van der Waals surface area contributed by atoms with Crippen molar-refractivity contribution in [2.45, 2.75) is 32.1 Å². The summed E-state index contributed by atoms with van der Waals surface area (Å²) in [5.74, 6) is -0.332. The van der Waals surface area contributed by atoms with E-state index in [2.05, 4.69) is 10.6 Å². The quantitative estimate of drug-likeness (QED) is 0.370. The van der Waals surface area contributed by atoms with Gasteiger partial charge in [-0.1, -0.05) is 12.1 Å². The van der Waals surface area contributed by atoms with Crippen molar-refractivity contribution >= 4 is 39.6 Å². The zero-order valence-corrected chi connectivity index (χ0v) is 16.2. The molecule has 2 N–H and O–H groups in total. The highest BCUT2D eigenvalue weighted by molar-refractivity contribution is 7.15. The monoisotopic (exact) mass is 403 g/mol. The smallest absolute Gasteiger partial charge is 0.341 e. The Morgan fingerprint density at radius 1 is 1.32 bits per heavy atom. The molecular weight excluding hydrogens is 382 g/mol. The maximum absolute atomic E-state index is 12.3. The predicted molar refractivity (Wildman–Crippen MR) is 107 cm³/mol. The summed E-state index contributed by atoms with van der Waals surface area (Å²) in [6.07, 6.45) is 2.18. The number of anilines is 2. The van der Waals surface area contributed by atoms with Crippen LogP contribution in [0.25, 0.3) is 0 Å². The molecule has 1 aromatic carbocycles. The van der Waals surface area contributed by atoms with Gasteiger partial charge in [-0.2, -0.15) is 0 Å². The molecule has 8 nitrogen and oxygen atoms in total. The average molecular weight is 403 g/mol. The van der Waals surface area contributed by atoms with Gasteiger partial charge in [0.25, 0.3) is 5.69 Å². The number of ether oxygens (including phenoxy) is 1. The van der Waals surface area contributed by atoms with Crippen molar-refractivity contribution < 1.29 is 19.2 Å². The lowest BCUT2D eigenvalue weighted by atomic mass is 10.1. The second-order valence-electron chi connectivity index (χ2n) is 6.39. The number of nitrogens with zero attached hydrogens (tertiary/aromatic N) is 1. The van der Waals surface area contributed by atoms with Gasteiger partial charge in [-0.15, -0.1) is 11.3 Å². The van der Waals surface area contributed by atoms with Gasteiger partial charge in [0.15, 0.2) is 0 Å². The molecular formula is C19H21N3O5S. The third-order valence-corrected chi connectivity index (χ3v) is 5.25. The lowest BCUT2D eigenvalue weighted by molar-refractivity contribution is -0.384. The van der Waals surface area contributed by atoms with Crippen LogP contribution in [-0.2, 0) is 9.53 Å². The fourth-order valence-electron chi connectivity index (χ4n) is 2.85. The summed E-state index contributed by atoms with van der Waals surface area (Å²) in [5.41, 5.74) is 1.71. The van der Waals surface area contributed by atoms with E-state index in [4.69, 9.17) is 4.74 Å². The van der Waals surface area contributed by atoms with Crippen LogP contribution in [0.3, 0.4) is 0 Å². The highest BCUT2D eigenvalue weighted by Gasteiger charge is 2.32. The summed E-state index contributed by atoms with van der Waals surface area (Å²) in [7, 11) is 0. The number of nitrogens with one attached hydrogen (secondary N) is 2. The number of carbonyl (C=O) groups excluding carboxylic acids is 2. The summed E-state index contributed by atoms with van der Waals surface area (Å²) in [6, 6.07) is 6.27. The Morgan fingerprint density at radius 2 is 2.07 bits per heavy atom. The van der Waals surface area contributed by atoms with Gasteiger partial charge >= 0.3 is 5.97 Å². The summed E-state index contributed by atoms with van der Waals surface area (Å²) in [6.45, 7) is 2.24. The van der Waals surface area contributed by atoms with Crippen molar-refractivity contribution in [3.8, 4) is 0 Å². The van der Waals surface area contributed by atoms with Crippen molar-refractivity contribution in [1.82, 2.24) is 0 Å². The molecule has 1 saturated carbocycles. The van der Waals surface area contributed by atoms with E-state index in [0.717, 1.165) is 18.4 Å². The number of nitro benzene ring substituents is 1. The van der Waals surface area contributed by atoms with Crippen molar-refractivity contribution in [3.05, 3.63) is 50.9 Å². The molecule has 148 valence electrons. The Hall–Kier alpha value is -2.94. The molecule has 1 aliphatic carbocycles. The molecule has 0 spiro atoms. The largest absolute Gasteiger partial charge is 0.462 e. The van der Waals surface area contributed by atoms with Crippen molar-refractivity contribution in [2.24, 2.45) is 0 Å². The van der Waals surface area contributed by atoms with E-state index in [1.54, 1.807) is 25.1 Å².